The molecule has 0 saturated heterocycles. The van der Waals surface area contributed by atoms with Crippen molar-refractivity contribution in [2.75, 3.05) is 11.6 Å². The summed E-state index contributed by atoms with van der Waals surface area (Å²) in [5, 5.41) is 7.18. The fraction of sp³-hybridized carbons (Fsp3) is 0.133. The van der Waals surface area contributed by atoms with Gasteiger partial charge in [-0.2, -0.15) is 5.10 Å². The average molecular weight is 446 g/mol. The molecule has 0 fully saturated rings. The lowest BCUT2D eigenvalue weighted by Gasteiger charge is -2.24. The molecule has 0 radical (unpaired) electrons. The Labute approximate surface area is 200 Å². The molecule has 4 aromatic carbocycles. The van der Waals surface area contributed by atoms with E-state index in [-0.39, 0.29) is 6.04 Å². The zero-order valence-corrected chi connectivity index (χ0v) is 19.2. The minimum absolute atomic E-state index is 0.166. The van der Waals surface area contributed by atoms with Gasteiger partial charge in [-0.1, -0.05) is 72.8 Å². The van der Waals surface area contributed by atoms with Crippen LogP contribution in [0.4, 0.5) is 11.4 Å². The lowest BCUT2D eigenvalue weighted by molar-refractivity contribution is 0.340. The van der Waals surface area contributed by atoms with Crippen LogP contribution >= 0.6 is 0 Å². The van der Waals surface area contributed by atoms with Gasteiger partial charge in [0.25, 0.3) is 0 Å². The van der Waals surface area contributed by atoms with Gasteiger partial charge in [-0.25, -0.2) is 0 Å². The van der Waals surface area contributed by atoms with E-state index in [1.165, 1.54) is 11.1 Å². The highest BCUT2D eigenvalue weighted by molar-refractivity contribution is 6.03. The Hall–Kier alpha value is -4.18. The Kier molecular flexibility index (Phi) is 6.48. The number of aliphatic imine (C=N–C) groups is 1. The van der Waals surface area contributed by atoms with Gasteiger partial charge in [0.15, 0.2) is 0 Å². The van der Waals surface area contributed by atoms with Crippen LogP contribution in [0.3, 0.4) is 0 Å². The summed E-state index contributed by atoms with van der Waals surface area (Å²) in [6.45, 7) is 2.64. The quantitative estimate of drug-likeness (QED) is 0.282. The number of hydrogen-bond donors (Lipinski definition) is 0. The summed E-state index contributed by atoms with van der Waals surface area (Å²) in [4.78, 5) is 4.60. The first-order valence-electron chi connectivity index (χ1n) is 11.6. The third-order valence-electron chi connectivity index (χ3n) is 5.87. The van der Waals surface area contributed by atoms with Gasteiger partial charge in [0.1, 0.15) is 5.75 Å². The Morgan fingerprint density at radius 1 is 0.853 bits per heavy atom. The van der Waals surface area contributed by atoms with Gasteiger partial charge >= 0.3 is 0 Å². The number of benzene rings is 4. The van der Waals surface area contributed by atoms with Gasteiger partial charge in [0.2, 0.25) is 0 Å². The summed E-state index contributed by atoms with van der Waals surface area (Å²) >= 11 is 0. The molecule has 1 aliphatic rings. The van der Waals surface area contributed by atoms with Crippen molar-refractivity contribution in [1.29, 1.82) is 0 Å². The van der Waals surface area contributed by atoms with E-state index in [0.29, 0.717) is 6.61 Å². The predicted octanol–water partition coefficient (Wildman–Crippen LogP) is 7.19. The van der Waals surface area contributed by atoms with Crippen LogP contribution in [0.15, 0.2) is 119 Å². The fourth-order valence-corrected chi connectivity index (χ4v) is 4.15. The maximum Gasteiger partial charge on any atom is 0.119 e. The molecule has 4 aromatic rings. The summed E-state index contributed by atoms with van der Waals surface area (Å²) in [6.07, 6.45) is 2.76. The van der Waals surface area contributed by atoms with E-state index in [9.17, 15) is 0 Å². The van der Waals surface area contributed by atoms with Crippen LogP contribution in [0.1, 0.15) is 36.1 Å². The number of ether oxygens (including phenoxy) is 1. The number of anilines is 1. The van der Waals surface area contributed by atoms with Crippen molar-refractivity contribution >= 4 is 23.3 Å². The van der Waals surface area contributed by atoms with Gasteiger partial charge in [0.05, 0.1) is 29.7 Å². The molecule has 1 aliphatic heterocycles. The molecule has 0 spiro atoms. The highest BCUT2D eigenvalue weighted by Crippen LogP contribution is 2.36. The summed E-state index contributed by atoms with van der Waals surface area (Å²) in [5.41, 5.74) is 6.55. The standard InChI is InChI=1S/C30H27N3O/c1-2-34-28-19-15-26(16-20-28)31-22-23-13-17-27(18-14-23)33-30(25-11-7-4-8-12-25)21-29(32-33)24-9-5-3-6-10-24/h3-20,22,30H,2,21H2,1H3. The largest absolute Gasteiger partial charge is 0.494 e. The van der Waals surface area contributed by atoms with E-state index in [1.807, 2.05) is 43.5 Å². The van der Waals surface area contributed by atoms with Crippen molar-refractivity contribution in [1.82, 2.24) is 0 Å². The number of hydrogen-bond acceptors (Lipinski definition) is 4. The molecule has 0 saturated carbocycles. The van der Waals surface area contributed by atoms with Crippen LogP contribution in [0.2, 0.25) is 0 Å². The van der Waals surface area contributed by atoms with Gasteiger partial charge in [-0.3, -0.25) is 10.0 Å². The third-order valence-corrected chi connectivity index (χ3v) is 5.87. The van der Waals surface area contributed by atoms with Crippen molar-refractivity contribution in [3.8, 4) is 5.75 Å². The molecule has 4 heteroatoms. The van der Waals surface area contributed by atoms with E-state index in [1.54, 1.807) is 0 Å². The molecule has 5 rings (SSSR count). The molecular formula is C30H27N3O. The molecule has 34 heavy (non-hydrogen) atoms. The molecule has 1 atom stereocenters. The normalized spacial score (nSPS) is 15.5. The zero-order chi connectivity index (χ0) is 23.2. The second-order valence-corrected chi connectivity index (χ2v) is 8.16. The van der Waals surface area contributed by atoms with E-state index in [2.05, 4.69) is 88.9 Å². The Morgan fingerprint density at radius 2 is 1.53 bits per heavy atom. The van der Waals surface area contributed by atoms with Crippen LogP contribution in [-0.4, -0.2) is 18.5 Å². The molecular weight excluding hydrogens is 418 g/mol. The molecule has 1 unspecified atom stereocenters. The smallest absolute Gasteiger partial charge is 0.119 e. The maximum absolute atomic E-state index is 5.49. The first-order valence-corrected chi connectivity index (χ1v) is 11.6. The third kappa shape index (κ3) is 4.91. The van der Waals surface area contributed by atoms with Crippen molar-refractivity contribution < 1.29 is 4.74 Å². The molecule has 4 nitrogen and oxygen atoms in total. The van der Waals surface area contributed by atoms with Crippen LogP contribution in [0.5, 0.6) is 5.75 Å². The first kappa shape index (κ1) is 21.7. The summed E-state index contributed by atoms with van der Waals surface area (Å²) in [6, 6.07) is 37.4. The second kappa shape index (κ2) is 10.2. The Balaban J connectivity index is 1.38. The van der Waals surface area contributed by atoms with Gasteiger partial charge in [-0.05, 0) is 60.0 Å². The van der Waals surface area contributed by atoms with E-state index in [0.717, 1.165) is 34.8 Å². The van der Waals surface area contributed by atoms with Crippen LogP contribution in [0, 0.1) is 0 Å². The van der Waals surface area contributed by atoms with Gasteiger partial charge in [0, 0.05) is 12.6 Å². The molecule has 0 aliphatic carbocycles. The van der Waals surface area contributed by atoms with Crippen LogP contribution in [-0.2, 0) is 0 Å². The maximum atomic E-state index is 5.49. The molecule has 0 amide bonds. The Morgan fingerprint density at radius 3 is 2.21 bits per heavy atom. The summed E-state index contributed by atoms with van der Waals surface area (Å²) in [5.74, 6) is 0.861. The topological polar surface area (TPSA) is 37.2 Å². The minimum atomic E-state index is 0.166. The number of rotatable bonds is 7. The SMILES string of the molecule is CCOc1ccc(N=Cc2ccc(N3N=C(c4ccccc4)CC3c3ccccc3)cc2)cc1. The highest BCUT2D eigenvalue weighted by Gasteiger charge is 2.29. The Bertz CT molecular complexity index is 1260. The highest BCUT2D eigenvalue weighted by atomic mass is 16.5. The second-order valence-electron chi connectivity index (χ2n) is 8.16. The molecule has 0 bridgehead atoms. The van der Waals surface area contributed by atoms with Crippen LogP contribution in [0.25, 0.3) is 0 Å². The van der Waals surface area contributed by atoms with E-state index < -0.39 is 0 Å². The van der Waals surface area contributed by atoms with Gasteiger partial charge < -0.3 is 4.74 Å². The molecule has 0 aromatic heterocycles. The average Bonchev–Trinajstić information content (AvgIpc) is 3.35. The lowest BCUT2D eigenvalue weighted by atomic mass is 9.98. The first-order chi connectivity index (χ1) is 16.8. The minimum Gasteiger partial charge on any atom is -0.494 e. The summed E-state index contributed by atoms with van der Waals surface area (Å²) in [7, 11) is 0. The summed E-state index contributed by atoms with van der Waals surface area (Å²) < 4.78 is 5.49. The molecule has 0 N–H and O–H groups in total. The molecule has 168 valence electrons. The van der Waals surface area contributed by atoms with Crippen molar-refractivity contribution in [2.24, 2.45) is 10.1 Å². The van der Waals surface area contributed by atoms with Crippen molar-refractivity contribution in [3.05, 3.63) is 126 Å². The van der Waals surface area contributed by atoms with E-state index in [4.69, 9.17) is 9.84 Å². The van der Waals surface area contributed by atoms with E-state index >= 15 is 0 Å². The van der Waals surface area contributed by atoms with Crippen molar-refractivity contribution in [2.45, 2.75) is 19.4 Å². The van der Waals surface area contributed by atoms with Crippen LogP contribution < -0.4 is 9.75 Å². The molecule has 1 heterocycles. The number of nitrogens with zero attached hydrogens (tertiary/aromatic N) is 3. The predicted molar refractivity (Wildman–Crippen MR) is 141 cm³/mol. The fourth-order valence-electron chi connectivity index (χ4n) is 4.15. The lowest BCUT2D eigenvalue weighted by Crippen LogP contribution is -2.18. The zero-order valence-electron chi connectivity index (χ0n) is 19.2. The number of hydrazone groups is 1. The van der Waals surface area contributed by atoms with Crippen molar-refractivity contribution in [3.63, 3.8) is 0 Å². The monoisotopic (exact) mass is 445 g/mol. The van der Waals surface area contributed by atoms with Gasteiger partial charge in [-0.15, -0.1) is 0 Å².